The van der Waals surface area contributed by atoms with Gasteiger partial charge in [-0.2, -0.15) is 0 Å². The van der Waals surface area contributed by atoms with E-state index < -0.39 is 5.60 Å². The van der Waals surface area contributed by atoms with Crippen LogP contribution in [0.15, 0.2) is 18.3 Å². The Kier molecular flexibility index (Phi) is 4.58. The number of nitrogens with zero attached hydrogens (tertiary/aromatic N) is 5. The van der Waals surface area contributed by atoms with Crippen LogP contribution in [-0.4, -0.2) is 56.9 Å². The highest BCUT2D eigenvalue weighted by Gasteiger charge is 2.31. The molecule has 7 nitrogen and oxygen atoms in total. The predicted molar refractivity (Wildman–Crippen MR) is 100 cm³/mol. The van der Waals surface area contributed by atoms with Gasteiger partial charge in [-0.15, -0.1) is 5.10 Å². The first kappa shape index (κ1) is 17.2. The second kappa shape index (κ2) is 6.38. The number of fused-ring (bicyclic) bond motifs is 1. The van der Waals surface area contributed by atoms with Crippen molar-refractivity contribution in [1.29, 1.82) is 0 Å². The lowest BCUT2D eigenvalue weighted by atomic mass is 10.2. The molecule has 2 aromatic heterocycles. The van der Waals surface area contributed by atoms with E-state index in [1.54, 1.807) is 11.1 Å². The van der Waals surface area contributed by atoms with Crippen molar-refractivity contribution < 1.29 is 9.53 Å². The SMILES string of the molecule is C[C@@H]1CN(c2ccc3ncc(I)n3n2)CCN1C(=O)OC(C)(C)C. The Hall–Kier alpha value is -1.58. The van der Waals surface area contributed by atoms with E-state index in [9.17, 15) is 4.79 Å². The van der Waals surface area contributed by atoms with E-state index >= 15 is 0 Å². The maximum atomic E-state index is 12.3. The lowest BCUT2D eigenvalue weighted by Gasteiger charge is -2.40. The topological polar surface area (TPSA) is 63.0 Å². The molecule has 3 heterocycles. The zero-order chi connectivity index (χ0) is 17.5. The highest BCUT2D eigenvalue weighted by Crippen LogP contribution is 2.20. The number of hydrogen-bond acceptors (Lipinski definition) is 5. The van der Waals surface area contributed by atoms with Gasteiger partial charge in [0, 0.05) is 25.7 Å². The van der Waals surface area contributed by atoms with Gasteiger partial charge in [0.25, 0.3) is 0 Å². The number of rotatable bonds is 1. The van der Waals surface area contributed by atoms with Crippen molar-refractivity contribution in [3.05, 3.63) is 22.0 Å². The summed E-state index contributed by atoms with van der Waals surface area (Å²) in [4.78, 5) is 20.6. The average molecular weight is 443 g/mol. The molecular formula is C16H22IN5O2. The fourth-order valence-corrected chi connectivity index (χ4v) is 3.26. The number of amides is 1. The van der Waals surface area contributed by atoms with E-state index in [-0.39, 0.29) is 12.1 Å². The van der Waals surface area contributed by atoms with E-state index in [0.717, 1.165) is 28.3 Å². The number of imidazole rings is 1. The molecule has 0 aromatic carbocycles. The van der Waals surface area contributed by atoms with Gasteiger partial charge >= 0.3 is 6.09 Å². The third-order valence-electron chi connectivity index (χ3n) is 3.89. The van der Waals surface area contributed by atoms with E-state index in [4.69, 9.17) is 4.74 Å². The fraction of sp³-hybridized carbons (Fsp3) is 0.562. The molecule has 0 N–H and O–H groups in total. The summed E-state index contributed by atoms with van der Waals surface area (Å²) in [5.41, 5.74) is 0.363. The molecule has 0 saturated carbocycles. The van der Waals surface area contributed by atoms with Crippen molar-refractivity contribution in [3.8, 4) is 0 Å². The zero-order valence-electron chi connectivity index (χ0n) is 14.4. The largest absolute Gasteiger partial charge is 0.444 e. The van der Waals surface area contributed by atoms with Gasteiger partial charge in [0.1, 0.15) is 15.1 Å². The lowest BCUT2D eigenvalue weighted by molar-refractivity contribution is 0.0158. The Morgan fingerprint density at radius 3 is 2.75 bits per heavy atom. The number of carbonyl (C=O) groups excluding carboxylic acids is 1. The Morgan fingerprint density at radius 2 is 2.08 bits per heavy atom. The van der Waals surface area contributed by atoms with Gasteiger partial charge < -0.3 is 14.5 Å². The van der Waals surface area contributed by atoms with Crippen molar-refractivity contribution in [3.63, 3.8) is 0 Å². The van der Waals surface area contributed by atoms with Gasteiger partial charge in [0.05, 0.1) is 6.20 Å². The minimum absolute atomic E-state index is 0.0629. The van der Waals surface area contributed by atoms with Crippen LogP contribution in [0.2, 0.25) is 0 Å². The van der Waals surface area contributed by atoms with Crippen LogP contribution in [0, 0.1) is 3.70 Å². The molecule has 2 aromatic rings. The van der Waals surface area contributed by atoms with Crippen molar-refractivity contribution in [1.82, 2.24) is 19.5 Å². The second-order valence-corrected chi connectivity index (χ2v) is 8.12. The molecule has 24 heavy (non-hydrogen) atoms. The summed E-state index contributed by atoms with van der Waals surface area (Å²) in [5, 5.41) is 4.66. The van der Waals surface area contributed by atoms with Crippen LogP contribution >= 0.6 is 22.6 Å². The van der Waals surface area contributed by atoms with Crippen LogP contribution in [0.25, 0.3) is 5.65 Å². The number of halogens is 1. The van der Waals surface area contributed by atoms with Crippen LogP contribution < -0.4 is 4.90 Å². The standard InChI is InChI=1S/C16H22IN5O2/c1-11-10-20(7-8-21(11)15(23)24-16(2,3)4)14-6-5-13-18-9-12(17)22(13)19-14/h5-6,9,11H,7-8,10H2,1-4H3/t11-/m1/s1. The van der Waals surface area contributed by atoms with E-state index in [1.165, 1.54) is 0 Å². The van der Waals surface area contributed by atoms with Gasteiger partial charge in [-0.05, 0) is 62.4 Å². The maximum Gasteiger partial charge on any atom is 0.410 e. The average Bonchev–Trinajstić information content (AvgIpc) is 2.86. The number of ether oxygens (including phenoxy) is 1. The van der Waals surface area contributed by atoms with E-state index in [1.807, 2.05) is 44.3 Å². The summed E-state index contributed by atoms with van der Waals surface area (Å²) >= 11 is 2.22. The van der Waals surface area contributed by atoms with E-state index in [0.29, 0.717) is 6.54 Å². The minimum Gasteiger partial charge on any atom is -0.444 e. The Bertz CT molecular complexity index is 754. The minimum atomic E-state index is -0.474. The fourth-order valence-electron chi connectivity index (χ4n) is 2.76. The Morgan fingerprint density at radius 1 is 1.33 bits per heavy atom. The third kappa shape index (κ3) is 3.57. The predicted octanol–water partition coefficient (Wildman–Crippen LogP) is 2.78. The quantitative estimate of drug-likeness (QED) is 0.635. The van der Waals surface area contributed by atoms with Crippen LogP contribution in [-0.2, 0) is 4.74 Å². The molecule has 1 aliphatic rings. The Balaban J connectivity index is 1.72. The zero-order valence-corrected chi connectivity index (χ0v) is 16.5. The third-order valence-corrected chi connectivity index (χ3v) is 4.62. The summed E-state index contributed by atoms with van der Waals surface area (Å²) in [6.07, 6.45) is 1.55. The summed E-state index contributed by atoms with van der Waals surface area (Å²) in [7, 11) is 0. The second-order valence-electron chi connectivity index (χ2n) is 7.01. The van der Waals surface area contributed by atoms with Crippen LogP contribution in [0.1, 0.15) is 27.7 Å². The highest BCUT2D eigenvalue weighted by atomic mass is 127. The first-order chi connectivity index (χ1) is 11.2. The van der Waals surface area contributed by atoms with E-state index in [2.05, 4.69) is 37.6 Å². The monoisotopic (exact) mass is 443 g/mol. The van der Waals surface area contributed by atoms with Gasteiger partial charge in [-0.3, -0.25) is 0 Å². The van der Waals surface area contributed by atoms with Gasteiger partial charge in [-0.1, -0.05) is 0 Å². The molecule has 1 aliphatic heterocycles. The summed E-state index contributed by atoms with van der Waals surface area (Å²) in [6, 6.07) is 4.01. The smallest absolute Gasteiger partial charge is 0.410 e. The number of piperazine rings is 1. The molecule has 0 spiro atoms. The number of hydrogen-bond donors (Lipinski definition) is 0. The molecule has 3 rings (SSSR count). The lowest BCUT2D eigenvalue weighted by Crippen LogP contribution is -2.55. The molecule has 0 unspecified atom stereocenters. The maximum absolute atomic E-state index is 12.3. The van der Waals surface area contributed by atoms with Crippen molar-refractivity contribution in [2.24, 2.45) is 0 Å². The first-order valence-corrected chi connectivity index (χ1v) is 9.07. The van der Waals surface area contributed by atoms with Gasteiger partial charge in [0.2, 0.25) is 0 Å². The molecule has 8 heteroatoms. The number of aromatic nitrogens is 3. The summed E-state index contributed by atoms with van der Waals surface area (Å²) in [5.74, 6) is 0.897. The molecule has 1 amide bonds. The Labute approximate surface area is 155 Å². The molecule has 0 bridgehead atoms. The van der Waals surface area contributed by atoms with Crippen LogP contribution in [0.3, 0.4) is 0 Å². The molecule has 1 atom stereocenters. The number of anilines is 1. The van der Waals surface area contributed by atoms with Crippen LogP contribution in [0.5, 0.6) is 0 Å². The number of carbonyl (C=O) groups is 1. The molecule has 0 radical (unpaired) electrons. The van der Waals surface area contributed by atoms with Gasteiger partial charge in [-0.25, -0.2) is 14.3 Å². The molecular weight excluding hydrogens is 421 g/mol. The molecule has 1 saturated heterocycles. The molecule has 1 fully saturated rings. The van der Waals surface area contributed by atoms with Crippen molar-refractivity contribution >= 4 is 40.1 Å². The summed E-state index contributed by atoms with van der Waals surface area (Å²) in [6.45, 7) is 9.77. The van der Waals surface area contributed by atoms with Gasteiger partial charge in [0.15, 0.2) is 5.65 Å². The van der Waals surface area contributed by atoms with Crippen molar-refractivity contribution in [2.45, 2.75) is 39.3 Å². The molecule has 130 valence electrons. The normalized spacial score (nSPS) is 19.0. The van der Waals surface area contributed by atoms with Crippen LogP contribution in [0.4, 0.5) is 10.6 Å². The first-order valence-electron chi connectivity index (χ1n) is 7.99. The molecule has 0 aliphatic carbocycles. The highest BCUT2D eigenvalue weighted by molar-refractivity contribution is 14.1. The van der Waals surface area contributed by atoms with Crippen molar-refractivity contribution in [2.75, 3.05) is 24.5 Å². The summed E-state index contributed by atoms with van der Waals surface area (Å²) < 4.78 is 8.30.